The van der Waals surface area contributed by atoms with E-state index in [2.05, 4.69) is 15.1 Å². The lowest BCUT2D eigenvalue weighted by atomic mass is 10.1. The largest absolute Gasteiger partial charge is 0.373 e. The highest BCUT2D eigenvalue weighted by atomic mass is 35.5. The number of rotatable bonds is 2. The van der Waals surface area contributed by atoms with E-state index in [-0.39, 0.29) is 11.7 Å². The number of hydrogen-bond donors (Lipinski definition) is 1. The quantitative estimate of drug-likeness (QED) is 0.834. The summed E-state index contributed by atoms with van der Waals surface area (Å²) >= 11 is 6.06. The van der Waals surface area contributed by atoms with Gasteiger partial charge in [0.05, 0.1) is 5.57 Å². The first-order valence-corrected chi connectivity index (χ1v) is 8.55. The van der Waals surface area contributed by atoms with E-state index in [9.17, 15) is 9.18 Å². The van der Waals surface area contributed by atoms with E-state index >= 15 is 0 Å². The molecule has 0 spiro atoms. The monoisotopic (exact) mass is 357 g/mol. The summed E-state index contributed by atoms with van der Waals surface area (Å²) in [6.45, 7) is 3.23. The summed E-state index contributed by atoms with van der Waals surface area (Å²) in [6, 6.07) is 12.0. The lowest BCUT2D eigenvalue weighted by Gasteiger charge is -2.35. The van der Waals surface area contributed by atoms with Crippen molar-refractivity contribution in [2.24, 2.45) is 0 Å². The van der Waals surface area contributed by atoms with Crippen LogP contribution < -0.4 is 10.2 Å². The fourth-order valence-electron chi connectivity index (χ4n) is 3.23. The Bertz CT molecular complexity index is 842. The van der Waals surface area contributed by atoms with Crippen molar-refractivity contribution >= 4 is 34.5 Å². The van der Waals surface area contributed by atoms with Gasteiger partial charge in [-0.2, -0.15) is 0 Å². The van der Waals surface area contributed by atoms with Crippen LogP contribution in [0.15, 0.2) is 48.7 Å². The number of halogens is 2. The Kier molecular flexibility index (Phi) is 4.09. The van der Waals surface area contributed by atoms with E-state index in [1.165, 1.54) is 12.1 Å². The number of carbonyl (C=O) groups is 1. The smallest absolute Gasteiger partial charge is 0.257 e. The van der Waals surface area contributed by atoms with Gasteiger partial charge in [0.1, 0.15) is 5.82 Å². The summed E-state index contributed by atoms with van der Waals surface area (Å²) in [5.41, 5.74) is 3.31. The van der Waals surface area contributed by atoms with Gasteiger partial charge in [-0.05, 0) is 42.5 Å². The summed E-state index contributed by atoms with van der Waals surface area (Å²) in [7, 11) is 0. The number of benzene rings is 2. The van der Waals surface area contributed by atoms with Crippen LogP contribution >= 0.6 is 11.6 Å². The third-order valence-electron chi connectivity index (χ3n) is 4.58. The zero-order valence-corrected chi connectivity index (χ0v) is 14.3. The standard InChI is InChI=1S/C19H17ClFN3O/c20-13-1-6-18-16(11-13)17(19(25)22-18)12-23-7-9-24(10-8-23)15-4-2-14(21)3-5-15/h1-6,11-12H,7-10H2,(H,22,25)/b17-12+. The average Bonchev–Trinajstić information content (AvgIpc) is 2.92. The molecule has 2 heterocycles. The lowest BCUT2D eigenvalue weighted by molar-refractivity contribution is -0.110. The number of nitrogens with one attached hydrogen (secondary N) is 1. The van der Waals surface area contributed by atoms with E-state index in [1.807, 2.05) is 18.3 Å². The molecule has 2 aliphatic rings. The summed E-state index contributed by atoms with van der Waals surface area (Å²) in [5.74, 6) is -0.324. The highest BCUT2D eigenvalue weighted by Crippen LogP contribution is 2.34. The van der Waals surface area contributed by atoms with Crippen LogP contribution in [-0.2, 0) is 4.79 Å². The molecule has 1 amide bonds. The van der Waals surface area contributed by atoms with Crippen LogP contribution in [0, 0.1) is 5.82 Å². The van der Waals surface area contributed by atoms with Crippen molar-refractivity contribution in [2.75, 3.05) is 36.4 Å². The van der Waals surface area contributed by atoms with Gasteiger partial charge in [-0.1, -0.05) is 11.6 Å². The predicted octanol–water partition coefficient (Wildman–Crippen LogP) is 3.59. The predicted molar refractivity (Wildman–Crippen MR) is 98.2 cm³/mol. The van der Waals surface area contributed by atoms with Gasteiger partial charge in [0.15, 0.2) is 0 Å². The van der Waals surface area contributed by atoms with Crippen LogP contribution in [0.1, 0.15) is 5.56 Å². The highest BCUT2D eigenvalue weighted by molar-refractivity contribution is 6.34. The second kappa shape index (κ2) is 6.41. The molecule has 0 bridgehead atoms. The summed E-state index contributed by atoms with van der Waals surface area (Å²) in [4.78, 5) is 16.6. The SMILES string of the molecule is O=C1Nc2ccc(Cl)cc2/C1=C\N1CCN(c2ccc(F)cc2)CC1. The van der Waals surface area contributed by atoms with Gasteiger partial charge in [0.25, 0.3) is 5.91 Å². The van der Waals surface area contributed by atoms with Crippen molar-refractivity contribution in [1.82, 2.24) is 4.90 Å². The maximum Gasteiger partial charge on any atom is 0.257 e. The Labute approximate surface area is 150 Å². The molecule has 1 N–H and O–H groups in total. The molecular weight excluding hydrogens is 341 g/mol. The molecule has 25 heavy (non-hydrogen) atoms. The van der Waals surface area contributed by atoms with Crippen molar-refractivity contribution in [3.05, 3.63) is 65.1 Å². The second-order valence-electron chi connectivity index (χ2n) is 6.19. The minimum Gasteiger partial charge on any atom is -0.373 e. The van der Waals surface area contributed by atoms with Crippen LogP contribution in [0.4, 0.5) is 15.8 Å². The van der Waals surface area contributed by atoms with Gasteiger partial charge in [0.2, 0.25) is 0 Å². The maximum absolute atomic E-state index is 13.0. The van der Waals surface area contributed by atoms with E-state index in [0.717, 1.165) is 43.1 Å². The number of hydrogen-bond acceptors (Lipinski definition) is 3. The molecule has 0 aromatic heterocycles. The molecule has 128 valence electrons. The van der Waals surface area contributed by atoms with Crippen LogP contribution in [0.2, 0.25) is 5.02 Å². The number of amides is 1. The Morgan fingerprint density at radius 2 is 1.76 bits per heavy atom. The van der Waals surface area contributed by atoms with Crippen LogP contribution in [0.3, 0.4) is 0 Å². The van der Waals surface area contributed by atoms with Gasteiger partial charge in [-0.15, -0.1) is 0 Å². The Hall–Kier alpha value is -2.53. The maximum atomic E-state index is 13.0. The van der Waals surface area contributed by atoms with Gasteiger partial charge < -0.3 is 15.1 Å². The van der Waals surface area contributed by atoms with E-state index in [1.54, 1.807) is 18.2 Å². The molecule has 1 fully saturated rings. The minimum absolute atomic E-state index is 0.0989. The first-order chi connectivity index (χ1) is 12.1. The van der Waals surface area contributed by atoms with Crippen molar-refractivity contribution in [3.8, 4) is 0 Å². The van der Waals surface area contributed by atoms with Gasteiger partial charge in [0, 0.05) is 54.3 Å². The molecule has 4 rings (SSSR count). The number of anilines is 2. The van der Waals surface area contributed by atoms with E-state index in [0.29, 0.717) is 10.6 Å². The normalized spacial score (nSPS) is 18.5. The molecule has 0 atom stereocenters. The Morgan fingerprint density at radius 3 is 2.48 bits per heavy atom. The molecule has 0 aliphatic carbocycles. The minimum atomic E-state index is -0.225. The molecule has 1 saturated heterocycles. The first-order valence-electron chi connectivity index (χ1n) is 8.18. The number of fused-ring (bicyclic) bond motifs is 1. The summed E-state index contributed by atoms with van der Waals surface area (Å²) in [5, 5.41) is 3.48. The van der Waals surface area contributed by atoms with Crippen molar-refractivity contribution in [3.63, 3.8) is 0 Å². The third kappa shape index (κ3) is 3.20. The molecular formula is C19H17ClFN3O. The topological polar surface area (TPSA) is 35.6 Å². The zero-order valence-electron chi connectivity index (χ0n) is 13.5. The summed E-state index contributed by atoms with van der Waals surface area (Å²) < 4.78 is 13.0. The van der Waals surface area contributed by atoms with Gasteiger partial charge >= 0.3 is 0 Å². The number of carbonyl (C=O) groups excluding carboxylic acids is 1. The lowest BCUT2D eigenvalue weighted by Crippen LogP contribution is -2.44. The molecule has 0 unspecified atom stereocenters. The number of piperazine rings is 1. The molecule has 4 nitrogen and oxygen atoms in total. The second-order valence-corrected chi connectivity index (χ2v) is 6.62. The molecule has 2 aromatic rings. The van der Waals surface area contributed by atoms with Gasteiger partial charge in [-0.25, -0.2) is 4.39 Å². The van der Waals surface area contributed by atoms with E-state index < -0.39 is 0 Å². The molecule has 2 aliphatic heterocycles. The zero-order chi connectivity index (χ0) is 17.4. The van der Waals surface area contributed by atoms with Crippen molar-refractivity contribution < 1.29 is 9.18 Å². The Balaban J connectivity index is 1.48. The van der Waals surface area contributed by atoms with Crippen molar-refractivity contribution in [1.29, 1.82) is 0 Å². The molecule has 0 saturated carbocycles. The third-order valence-corrected chi connectivity index (χ3v) is 4.82. The van der Waals surface area contributed by atoms with Crippen LogP contribution in [0.25, 0.3) is 5.57 Å². The van der Waals surface area contributed by atoms with Gasteiger partial charge in [-0.3, -0.25) is 4.79 Å². The molecule has 2 aromatic carbocycles. The summed E-state index contributed by atoms with van der Waals surface area (Å²) in [6.07, 6.45) is 1.92. The Morgan fingerprint density at radius 1 is 1.04 bits per heavy atom. The molecule has 6 heteroatoms. The number of nitrogens with zero attached hydrogens (tertiary/aromatic N) is 2. The fraction of sp³-hybridized carbons (Fsp3) is 0.211. The molecule has 0 radical (unpaired) electrons. The van der Waals surface area contributed by atoms with Crippen LogP contribution in [0.5, 0.6) is 0 Å². The average molecular weight is 358 g/mol. The van der Waals surface area contributed by atoms with Crippen molar-refractivity contribution in [2.45, 2.75) is 0 Å². The highest BCUT2D eigenvalue weighted by Gasteiger charge is 2.26. The first kappa shape index (κ1) is 16.0. The van der Waals surface area contributed by atoms with Crippen LogP contribution in [-0.4, -0.2) is 37.0 Å². The fourth-order valence-corrected chi connectivity index (χ4v) is 3.40. The van der Waals surface area contributed by atoms with E-state index in [4.69, 9.17) is 11.6 Å².